The molecule has 0 aliphatic rings. The predicted octanol–water partition coefficient (Wildman–Crippen LogP) is 3.79. The van der Waals surface area contributed by atoms with Gasteiger partial charge >= 0.3 is 0 Å². The van der Waals surface area contributed by atoms with Crippen molar-refractivity contribution in [3.05, 3.63) is 48.5 Å². The molecule has 3 aromatic rings. The van der Waals surface area contributed by atoms with Gasteiger partial charge < -0.3 is 5.73 Å². The number of aromatic nitrogens is 3. The topological polar surface area (TPSA) is 64.7 Å². The highest BCUT2D eigenvalue weighted by Gasteiger charge is 2.18. The summed E-state index contributed by atoms with van der Waals surface area (Å²) < 4.78 is 0. The van der Waals surface area contributed by atoms with E-state index >= 15 is 0 Å². The van der Waals surface area contributed by atoms with E-state index in [1.807, 2.05) is 18.2 Å². The average Bonchev–Trinajstić information content (AvgIpc) is 2.55. The number of nitrogens with zero attached hydrogens (tertiary/aromatic N) is 3. The predicted molar refractivity (Wildman–Crippen MR) is 85.9 cm³/mol. The third kappa shape index (κ3) is 2.33. The van der Waals surface area contributed by atoms with Gasteiger partial charge in [0.2, 0.25) is 0 Å². The van der Waals surface area contributed by atoms with E-state index < -0.39 is 0 Å². The fourth-order valence-corrected chi connectivity index (χ4v) is 2.59. The molecule has 0 aliphatic carbocycles. The number of anilines is 1. The SMILES string of the molecule is CC[C@@H](C)c1c(-c2ccncc2)nc2cnccc2c1N. The first-order valence-electron chi connectivity index (χ1n) is 7.15. The van der Waals surface area contributed by atoms with Crippen LogP contribution in [0.5, 0.6) is 0 Å². The Kier molecular flexibility index (Phi) is 3.52. The second kappa shape index (κ2) is 5.48. The fourth-order valence-electron chi connectivity index (χ4n) is 2.59. The van der Waals surface area contributed by atoms with Gasteiger partial charge in [-0.2, -0.15) is 0 Å². The van der Waals surface area contributed by atoms with Crippen molar-refractivity contribution in [1.29, 1.82) is 0 Å². The number of pyridine rings is 3. The van der Waals surface area contributed by atoms with Gasteiger partial charge in [-0.1, -0.05) is 13.8 Å². The van der Waals surface area contributed by atoms with Crippen molar-refractivity contribution < 1.29 is 0 Å². The summed E-state index contributed by atoms with van der Waals surface area (Å²) in [7, 11) is 0. The number of hydrogen-bond donors (Lipinski definition) is 1. The van der Waals surface area contributed by atoms with Crippen LogP contribution in [0, 0.1) is 0 Å². The Balaban J connectivity index is 2.36. The molecule has 0 aliphatic heterocycles. The van der Waals surface area contributed by atoms with Crippen molar-refractivity contribution in [3.63, 3.8) is 0 Å². The van der Waals surface area contributed by atoms with Gasteiger partial charge in [0.25, 0.3) is 0 Å². The highest BCUT2D eigenvalue weighted by Crippen LogP contribution is 2.37. The van der Waals surface area contributed by atoms with Crippen LogP contribution in [0.4, 0.5) is 5.69 Å². The largest absolute Gasteiger partial charge is 0.398 e. The Labute approximate surface area is 124 Å². The van der Waals surface area contributed by atoms with E-state index in [-0.39, 0.29) is 0 Å². The quantitative estimate of drug-likeness (QED) is 0.791. The number of fused-ring (bicyclic) bond motifs is 1. The van der Waals surface area contributed by atoms with Crippen molar-refractivity contribution in [2.75, 3.05) is 5.73 Å². The molecule has 0 saturated heterocycles. The van der Waals surface area contributed by atoms with Crippen LogP contribution in [0.1, 0.15) is 31.7 Å². The minimum absolute atomic E-state index is 0.346. The van der Waals surface area contributed by atoms with Crippen LogP contribution >= 0.6 is 0 Å². The molecule has 3 heterocycles. The van der Waals surface area contributed by atoms with Gasteiger partial charge in [0.15, 0.2) is 0 Å². The van der Waals surface area contributed by atoms with E-state index in [9.17, 15) is 0 Å². The van der Waals surface area contributed by atoms with E-state index in [2.05, 4.69) is 23.8 Å². The smallest absolute Gasteiger partial charge is 0.0913 e. The minimum atomic E-state index is 0.346. The zero-order valence-corrected chi connectivity index (χ0v) is 12.2. The Bertz CT molecular complexity index is 768. The van der Waals surface area contributed by atoms with Crippen LogP contribution in [0.15, 0.2) is 43.0 Å². The van der Waals surface area contributed by atoms with Crippen LogP contribution in [0.2, 0.25) is 0 Å². The van der Waals surface area contributed by atoms with E-state index in [0.717, 1.165) is 39.8 Å². The van der Waals surface area contributed by atoms with Crippen molar-refractivity contribution in [2.24, 2.45) is 0 Å². The highest BCUT2D eigenvalue weighted by atomic mass is 14.8. The molecule has 2 N–H and O–H groups in total. The zero-order valence-electron chi connectivity index (χ0n) is 12.2. The second-order valence-electron chi connectivity index (χ2n) is 5.23. The maximum absolute atomic E-state index is 6.45. The summed E-state index contributed by atoms with van der Waals surface area (Å²) in [6, 6.07) is 5.87. The lowest BCUT2D eigenvalue weighted by molar-refractivity contribution is 0.735. The van der Waals surface area contributed by atoms with Crippen molar-refractivity contribution in [3.8, 4) is 11.3 Å². The molecular weight excluding hydrogens is 260 g/mol. The average molecular weight is 278 g/mol. The summed E-state index contributed by atoms with van der Waals surface area (Å²) in [4.78, 5) is 13.0. The van der Waals surface area contributed by atoms with Crippen LogP contribution in [0.3, 0.4) is 0 Å². The van der Waals surface area contributed by atoms with Gasteiger partial charge in [-0.3, -0.25) is 9.97 Å². The molecule has 0 amide bonds. The van der Waals surface area contributed by atoms with Gasteiger partial charge in [-0.25, -0.2) is 4.98 Å². The summed E-state index contributed by atoms with van der Waals surface area (Å²) in [5, 5.41) is 0.970. The van der Waals surface area contributed by atoms with Crippen LogP contribution in [-0.2, 0) is 0 Å². The molecule has 4 nitrogen and oxygen atoms in total. The van der Waals surface area contributed by atoms with Crippen LogP contribution in [0.25, 0.3) is 22.2 Å². The number of nitrogen functional groups attached to an aromatic ring is 1. The summed E-state index contributed by atoms with van der Waals surface area (Å²) in [5.41, 5.74) is 11.2. The second-order valence-corrected chi connectivity index (χ2v) is 5.23. The molecule has 0 bridgehead atoms. The summed E-state index contributed by atoms with van der Waals surface area (Å²) >= 11 is 0. The Hall–Kier alpha value is -2.49. The molecule has 0 spiro atoms. The van der Waals surface area contributed by atoms with Crippen LogP contribution < -0.4 is 5.73 Å². The van der Waals surface area contributed by atoms with Gasteiger partial charge in [-0.05, 0) is 30.5 Å². The third-order valence-electron chi connectivity index (χ3n) is 3.93. The fraction of sp³-hybridized carbons (Fsp3) is 0.235. The maximum Gasteiger partial charge on any atom is 0.0913 e. The molecule has 1 atom stereocenters. The maximum atomic E-state index is 6.45. The van der Waals surface area contributed by atoms with Crippen molar-refractivity contribution in [1.82, 2.24) is 15.0 Å². The molecule has 4 heteroatoms. The number of hydrogen-bond acceptors (Lipinski definition) is 4. The van der Waals surface area contributed by atoms with E-state index in [1.165, 1.54) is 0 Å². The normalized spacial score (nSPS) is 12.5. The molecule has 106 valence electrons. The zero-order chi connectivity index (χ0) is 14.8. The third-order valence-corrected chi connectivity index (χ3v) is 3.93. The van der Waals surface area contributed by atoms with Crippen LogP contribution in [-0.4, -0.2) is 15.0 Å². The molecule has 3 aromatic heterocycles. The Morgan fingerprint density at radius 3 is 2.52 bits per heavy atom. The Morgan fingerprint density at radius 2 is 1.81 bits per heavy atom. The van der Waals surface area contributed by atoms with Gasteiger partial charge in [0, 0.05) is 40.8 Å². The molecule has 0 fully saturated rings. The first-order valence-corrected chi connectivity index (χ1v) is 7.15. The highest BCUT2D eigenvalue weighted by molar-refractivity contribution is 5.95. The monoisotopic (exact) mass is 278 g/mol. The lowest BCUT2D eigenvalue weighted by atomic mass is 9.91. The molecule has 0 saturated carbocycles. The Morgan fingerprint density at radius 1 is 1.10 bits per heavy atom. The number of rotatable bonds is 3. The van der Waals surface area contributed by atoms with Gasteiger partial charge in [0.05, 0.1) is 17.4 Å². The van der Waals surface area contributed by atoms with Crippen molar-refractivity contribution in [2.45, 2.75) is 26.2 Å². The first kappa shape index (κ1) is 13.5. The molecular formula is C17H18N4. The van der Waals surface area contributed by atoms with E-state index in [1.54, 1.807) is 24.8 Å². The molecule has 0 unspecified atom stereocenters. The van der Waals surface area contributed by atoms with Crippen molar-refractivity contribution >= 4 is 16.6 Å². The van der Waals surface area contributed by atoms with Gasteiger partial charge in [0.1, 0.15) is 0 Å². The number of nitrogens with two attached hydrogens (primary N) is 1. The standard InChI is InChI=1S/C17H18N4/c1-3-11(2)15-16(18)13-6-9-20-10-14(13)21-17(15)12-4-7-19-8-5-12/h4-11H,3H2,1-2H3,(H2,18,21)/t11-/m1/s1. The summed E-state index contributed by atoms with van der Waals surface area (Å²) in [6.45, 7) is 4.35. The molecule has 21 heavy (non-hydrogen) atoms. The minimum Gasteiger partial charge on any atom is -0.398 e. The lowest BCUT2D eigenvalue weighted by Gasteiger charge is -2.18. The van der Waals surface area contributed by atoms with E-state index in [4.69, 9.17) is 10.7 Å². The van der Waals surface area contributed by atoms with E-state index in [0.29, 0.717) is 5.92 Å². The summed E-state index contributed by atoms with van der Waals surface area (Å²) in [6.07, 6.45) is 8.09. The lowest BCUT2D eigenvalue weighted by Crippen LogP contribution is -2.05. The summed E-state index contributed by atoms with van der Waals surface area (Å²) in [5.74, 6) is 0.346. The molecule has 0 radical (unpaired) electrons. The van der Waals surface area contributed by atoms with Gasteiger partial charge in [-0.15, -0.1) is 0 Å². The molecule has 3 rings (SSSR count). The first-order chi connectivity index (χ1) is 10.2. The molecule has 0 aromatic carbocycles.